The molecule has 16 heteroatoms. The third kappa shape index (κ3) is 7.22. The molecule has 2 heterocycles. The average molecular weight is 587 g/mol. The Hall–Kier alpha value is -3.38. The molecule has 4 N–H and O–H groups in total. The van der Waals surface area contributed by atoms with Crippen molar-refractivity contribution in [2.75, 3.05) is 19.0 Å². The fourth-order valence-corrected chi connectivity index (χ4v) is 4.88. The Balaban J connectivity index is 1.90. The molecule has 0 bridgehead atoms. The molecule has 0 saturated carbocycles. The minimum absolute atomic E-state index is 0.0290. The van der Waals surface area contributed by atoms with Crippen molar-refractivity contribution in [3.05, 3.63) is 52.8 Å². The number of rotatable bonds is 10. The molecule has 0 aliphatic carbocycles. The summed E-state index contributed by atoms with van der Waals surface area (Å²) < 4.78 is 67.7. The molecule has 1 unspecified atom stereocenters. The number of aliphatic hydroxyl groups is 2. The highest BCUT2D eigenvalue weighted by molar-refractivity contribution is 7.49. The SMILES string of the molecule is CC(C)OC(=O)[C@H](C)O[P@](=O)(OC[C@H]1O[C@@H](n2cc(F)c(N)nc2=O)C(O)(C#CCF)[C@H]1O)Oc1ccccc1. The van der Waals surface area contributed by atoms with Crippen LogP contribution in [0, 0.1) is 17.7 Å². The first-order valence-electron chi connectivity index (χ1n) is 11.8. The van der Waals surface area contributed by atoms with E-state index >= 15 is 0 Å². The largest absolute Gasteiger partial charge is 0.530 e. The molecule has 0 amide bonds. The highest BCUT2D eigenvalue weighted by atomic mass is 31.2. The van der Waals surface area contributed by atoms with E-state index in [1.165, 1.54) is 19.1 Å². The van der Waals surface area contributed by atoms with E-state index < -0.39 is 80.6 Å². The van der Waals surface area contributed by atoms with Gasteiger partial charge in [0.05, 0.1) is 18.9 Å². The van der Waals surface area contributed by atoms with Crippen LogP contribution in [0.4, 0.5) is 14.6 Å². The Labute approximate surface area is 227 Å². The summed E-state index contributed by atoms with van der Waals surface area (Å²) in [4.78, 5) is 27.9. The Bertz CT molecular complexity index is 1370. The molecule has 1 saturated heterocycles. The van der Waals surface area contributed by atoms with Gasteiger partial charge in [-0.05, 0) is 32.9 Å². The number of benzene rings is 1. The Morgan fingerprint density at radius 2 is 2.00 bits per heavy atom. The molecule has 0 spiro atoms. The van der Waals surface area contributed by atoms with Gasteiger partial charge in [0.25, 0.3) is 0 Å². The molecule has 13 nitrogen and oxygen atoms in total. The molecule has 3 rings (SSSR count). The fourth-order valence-electron chi connectivity index (χ4n) is 3.54. The molecule has 1 fully saturated rings. The number of halogens is 2. The van der Waals surface area contributed by atoms with Crippen molar-refractivity contribution in [1.82, 2.24) is 9.55 Å². The standard InChI is InChI=1S/C24H28F2N3O10P/c1-14(2)36-21(31)15(3)38-40(34,39-16-8-5-4-6-9-16)35-13-18-19(30)24(33,10-7-11-25)22(37-18)29-12-17(26)20(27)28-23(29)32/h4-6,8-9,12,14-15,18-19,22,30,33H,11,13H2,1-3H3,(H2,27,28,32)/t15-,18+,19-,22+,24?,40-/m0/s1. The number of nitrogens with zero attached hydrogens (tertiary/aromatic N) is 2. The van der Waals surface area contributed by atoms with Crippen LogP contribution in [0.5, 0.6) is 5.75 Å². The van der Waals surface area contributed by atoms with Gasteiger partial charge in [-0.2, -0.15) is 4.98 Å². The average Bonchev–Trinajstić information content (AvgIpc) is 3.13. The van der Waals surface area contributed by atoms with Gasteiger partial charge in [-0.15, -0.1) is 0 Å². The van der Waals surface area contributed by atoms with Gasteiger partial charge in [0.1, 0.15) is 24.6 Å². The van der Waals surface area contributed by atoms with Crippen LogP contribution in [0.3, 0.4) is 0 Å². The second-order valence-corrected chi connectivity index (χ2v) is 10.3. The predicted octanol–water partition coefficient (Wildman–Crippen LogP) is 1.49. The first-order valence-corrected chi connectivity index (χ1v) is 13.3. The summed E-state index contributed by atoms with van der Waals surface area (Å²) in [6, 6.07) is 7.63. The van der Waals surface area contributed by atoms with Crippen molar-refractivity contribution in [2.24, 2.45) is 0 Å². The van der Waals surface area contributed by atoms with Crippen LogP contribution in [0.2, 0.25) is 0 Å². The number of nitrogen functional groups attached to an aromatic ring is 1. The van der Waals surface area contributed by atoms with E-state index in [4.69, 9.17) is 28.8 Å². The summed E-state index contributed by atoms with van der Waals surface area (Å²) in [6.07, 6.45) is -6.97. The van der Waals surface area contributed by atoms with Gasteiger partial charge in [0.15, 0.2) is 29.6 Å². The zero-order valence-electron chi connectivity index (χ0n) is 21.6. The molecular weight excluding hydrogens is 559 g/mol. The first kappa shape index (κ1) is 31.2. The second-order valence-electron chi connectivity index (χ2n) is 8.78. The lowest BCUT2D eigenvalue weighted by atomic mass is 9.94. The third-order valence-corrected chi connectivity index (χ3v) is 6.83. The third-order valence-electron chi connectivity index (χ3n) is 5.35. The highest BCUT2D eigenvalue weighted by Crippen LogP contribution is 2.51. The lowest BCUT2D eigenvalue weighted by Crippen LogP contribution is -2.48. The Morgan fingerprint density at radius 3 is 2.62 bits per heavy atom. The number of anilines is 1. The second kappa shape index (κ2) is 12.9. The number of para-hydroxylation sites is 1. The fraction of sp³-hybridized carbons (Fsp3) is 0.458. The van der Waals surface area contributed by atoms with Crippen molar-refractivity contribution in [1.29, 1.82) is 0 Å². The van der Waals surface area contributed by atoms with E-state index in [2.05, 4.69) is 10.9 Å². The van der Waals surface area contributed by atoms with Crippen LogP contribution in [0.15, 0.2) is 41.3 Å². The number of phosphoric ester groups is 1. The van der Waals surface area contributed by atoms with E-state index in [1.54, 1.807) is 32.0 Å². The van der Waals surface area contributed by atoms with Crippen LogP contribution >= 0.6 is 7.82 Å². The number of carbonyl (C=O) groups is 1. The van der Waals surface area contributed by atoms with Crippen molar-refractivity contribution in [3.8, 4) is 17.6 Å². The number of nitrogens with two attached hydrogens (primary N) is 1. The summed E-state index contributed by atoms with van der Waals surface area (Å²) in [5.74, 6) is 1.25. The summed E-state index contributed by atoms with van der Waals surface area (Å²) >= 11 is 0. The van der Waals surface area contributed by atoms with Crippen LogP contribution in [-0.4, -0.2) is 69.0 Å². The topological polar surface area (TPSA) is 182 Å². The highest BCUT2D eigenvalue weighted by Gasteiger charge is 2.57. The van der Waals surface area contributed by atoms with Gasteiger partial charge in [-0.1, -0.05) is 30.0 Å². The van der Waals surface area contributed by atoms with Crippen molar-refractivity contribution in [3.63, 3.8) is 0 Å². The van der Waals surface area contributed by atoms with Crippen LogP contribution in [-0.2, 0) is 27.9 Å². The number of ether oxygens (including phenoxy) is 2. The maximum absolute atomic E-state index is 14.1. The minimum Gasteiger partial charge on any atom is -0.461 e. The summed E-state index contributed by atoms with van der Waals surface area (Å²) in [5, 5.41) is 22.0. The number of alkyl halides is 1. The number of esters is 1. The number of aliphatic hydroxyl groups excluding tert-OH is 1. The molecule has 218 valence electrons. The molecule has 40 heavy (non-hydrogen) atoms. The molecule has 6 atom stereocenters. The lowest BCUT2D eigenvalue weighted by molar-refractivity contribution is -0.156. The first-order chi connectivity index (χ1) is 18.8. The Kier molecular flexibility index (Phi) is 10.0. The van der Waals surface area contributed by atoms with Crippen molar-refractivity contribution in [2.45, 2.75) is 57.0 Å². The number of hydrogen-bond acceptors (Lipinski definition) is 12. The smallest absolute Gasteiger partial charge is 0.461 e. The quantitative estimate of drug-likeness (QED) is 0.207. The summed E-state index contributed by atoms with van der Waals surface area (Å²) in [5.41, 5.74) is 1.43. The molecule has 1 aliphatic rings. The molecular formula is C24H28F2N3O10P. The number of hydrogen-bond donors (Lipinski definition) is 3. The van der Waals surface area contributed by atoms with E-state index in [0.717, 1.165) is 0 Å². The number of carbonyl (C=O) groups excluding carboxylic acids is 1. The molecule has 0 radical (unpaired) electrons. The summed E-state index contributed by atoms with van der Waals surface area (Å²) in [7, 11) is -4.68. The van der Waals surface area contributed by atoms with E-state index in [9.17, 15) is 33.1 Å². The zero-order chi connectivity index (χ0) is 29.7. The summed E-state index contributed by atoms with van der Waals surface area (Å²) in [6.45, 7) is 2.35. The predicted molar refractivity (Wildman–Crippen MR) is 134 cm³/mol. The van der Waals surface area contributed by atoms with Gasteiger partial charge in [-0.25, -0.2) is 22.9 Å². The number of aromatic nitrogens is 2. The Morgan fingerprint density at radius 1 is 1.32 bits per heavy atom. The molecule has 1 aromatic carbocycles. The van der Waals surface area contributed by atoms with Crippen LogP contribution < -0.4 is 15.9 Å². The van der Waals surface area contributed by atoms with Crippen molar-refractivity contribution >= 4 is 19.6 Å². The molecule has 1 aromatic heterocycles. The van der Waals surface area contributed by atoms with Gasteiger partial charge in [0, 0.05) is 0 Å². The van der Waals surface area contributed by atoms with Gasteiger partial charge in [0.2, 0.25) is 0 Å². The van der Waals surface area contributed by atoms with Gasteiger partial charge < -0.3 is 29.9 Å². The maximum Gasteiger partial charge on any atom is 0.530 e. The maximum atomic E-state index is 14.1. The normalized spacial score (nSPS) is 24.6. The van der Waals surface area contributed by atoms with Crippen LogP contribution in [0.1, 0.15) is 27.0 Å². The van der Waals surface area contributed by atoms with E-state index in [0.29, 0.717) is 10.8 Å². The van der Waals surface area contributed by atoms with Gasteiger partial charge >= 0.3 is 19.5 Å². The van der Waals surface area contributed by atoms with E-state index in [1.807, 2.05) is 5.92 Å². The van der Waals surface area contributed by atoms with E-state index in [-0.39, 0.29) is 5.75 Å². The molecule has 2 aromatic rings. The minimum atomic E-state index is -4.68. The monoisotopic (exact) mass is 587 g/mol. The molecule has 1 aliphatic heterocycles. The van der Waals surface area contributed by atoms with Gasteiger partial charge in [-0.3, -0.25) is 13.6 Å². The van der Waals surface area contributed by atoms with Crippen molar-refractivity contribution < 1.29 is 51.4 Å². The van der Waals surface area contributed by atoms with Crippen LogP contribution in [0.25, 0.3) is 0 Å². The number of phosphoric acid groups is 1. The zero-order valence-corrected chi connectivity index (χ0v) is 22.5. The lowest BCUT2D eigenvalue weighted by Gasteiger charge is -2.26.